The summed E-state index contributed by atoms with van der Waals surface area (Å²) in [5, 5.41) is 0.837. The molecule has 0 aliphatic carbocycles. The first kappa shape index (κ1) is 10.5. The Labute approximate surface area is 96.5 Å². The van der Waals surface area contributed by atoms with Crippen LogP contribution < -0.4 is 9.47 Å². The molecule has 1 aromatic carbocycles. The molecular formula is C11H11BrO3. The summed E-state index contributed by atoms with van der Waals surface area (Å²) in [6, 6.07) is 3.65. The Morgan fingerprint density at radius 3 is 3.00 bits per heavy atom. The fraction of sp³-hybridized carbons (Fsp3) is 0.364. The quantitative estimate of drug-likeness (QED) is 0.791. The van der Waals surface area contributed by atoms with E-state index in [9.17, 15) is 4.79 Å². The van der Waals surface area contributed by atoms with Gasteiger partial charge in [0.1, 0.15) is 11.5 Å². The topological polar surface area (TPSA) is 35.5 Å². The Morgan fingerprint density at radius 2 is 2.33 bits per heavy atom. The van der Waals surface area contributed by atoms with Crippen molar-refractivity contribution in [2.45, 2.75) is 6.42 Å². The minimum atomic E-state index is 0.0275. The van der Waals surface area contributed by atoms with Crippen molar-refractivity contribution in [2.75, 3.05) is 19.0 Å². The molecule has 15 heavy (non-hydrogen) atoms. The lowest BCUT2D eigenvalue weighted by atomic mass is 10.1. The zero-order valence-corrected chi connectivity index (χ0v) is 9.96. The van der Waals surface area contributed by atoms with Gasteiger partial charge in [0, 0.05) is 5.33 Å². The molecule has 1 aliphatic heterocycles. The standard InChI is InChI=1S/C11H11BrO3/c1-14-8-4-7(2-3-12)11-9(5-8)10(13)6-15-11/h4-5H,2-3,6H2,1H3. The molecule has 0 atom stereocenters. The summed E-state index contributed by atoms with van der Waals surface area (Å²) in [6.07, 6.45) is 0.826. The lowest BCUT2D eigenvalue weighted by molar-refractivity contribution is 0.0961. The average molecular weight is 271 g/mol. The van der Waals surface area contributed by atoms with Gasteiger partial charge in [-0.1, -0.05) is 15.9 Å². The summed E-state index contributed by atoms with van der Waals surface area (Å²) in [6.45, 7) is 0.151. The largest absolute Gasteiger partial charge is 0.497 e. The van der Waals surface area contributed by atoms with Crippen molar-refractivity contribution in [1.29, 1.82) is 0 Å². The maximum Gasteiger partial charge on any atom is 0.204 e. The summed E-state index contributed by atoms with van der Waals surface area (Å²) in [4.78, 5) is 11.5. The van der Waals surface area contributed by atoms with Crippen LogP contribution in [0.4, 0.5) is 0 Å². The van der Waals surface area contributed by atoms with E-state index in [1.54, 1.807) is 13.2 Å². The number of Topliss-reactive ketones (excluding diaryl/α,β-unsaturated/α-hetero) is 1. The van der Waals surface area contributed by atoms with Crippen LogP contribution in [0.1, 0.15) is 15.9 Å². The van der Waals surface area contributed by atoms with Gasteiger partial charge in [-0.2, -0.15) is 0 Å². The van der Waals surface area contributed by atoms with Crippen LogP contribution in [0.2, 0.25) is 0 Å². The molecular weight excluding hydrogens is 260 g/mol. The number of carbonyl (C=O) groups is 1. The van der Waals surface area contributed by atoms with Crippen molar-refractivity contribution >= 4 is 21.7 Å². The molecule has 0 radical (unpaired) electrons. The number of carbonyl (C=O) groups excluding carboxylic acids is 1. The third kappa shape index (κ3) is 1.86. The predicted octanol–water partition coefficient (Wildman–Crippen LogP) is 2.21. The molecule has 0 saturated heterocycles. The number of ether oxygens (including phenoxy) is 2. The number of alkyl halides is 1. The van der Waals surface area contributed by atoms with Crippen molar-refractivity contribution in [3.63, 3.8) is 0 Å². The zero-order chi connectivity index (χ0) is 10.8. The normalized spacial score (nSPS) is 13.6. The van der Waals surface area contributed by atoms with Gasteiger partial charge in [0.15, 0.2) is 6.61 Å². The monoisotopic (exact) mass is 270 g/mol. The van der Waals surface area contributed by atoms with Crippen molar-refractivity contribution in [3.05, 3.63) is 23.3 Å². The van der Waals surface area contributed by atoms with Crippen molar-refractivity contribution in [2.24, 2.45) is 0 Å². The molecule has 1 aliphatic rings. The SMILES string of the molecule is COc1cc(CCBr)c2c(c1)C(=O)CO2. The fourth-order valence-electron chi connectivity index (χ4n) is 1.66. The van der Waals surface area contributed by atoms with E-state index < -0.39 is 0 Å². The molecule has 0 fully saturated rings. The van der Waals surface area contributed by atoms with Gasteiger partial charge >= 0.3 is 0 Å². The van der Waals surface area contributed by atoms with E-state index in [4.69, 9.17) is 9.47 Å². The average Bonchev–Trinajstić information content (AvgIpc) is 2.61. The minimum Gasteiger partial charge on any atom is -0.497 e. The summed E-state index contributed by atoms with van der Waals surface area (Å²) < 4.78 is 10.5. The van der Waals surface area contributed by atoms with Gasteiger partial charge in [0.05, 0.1) is 12.7 Å². The number of methoxy groups -OCH3 is 1. The van der Waals surface area contributed by atoms with Crippen LogP contribution in [0, 0.1) is 0 Å². The zero-order valence-electron chi connectivity index (χ0n) is 8.38. The van der Waals surface area contributed by atoms with Gasteiger partial charge in [0.25, 0.3) is 0 Å². The molecule has 0 N–H and O–H groups in total. The first-order valence-electron chi connectivity index (χ1n) is 4.69. The van der Waals surface area contributed by atoms with Crippen LogP contribution in [0.3, 0.4) is 0 Å². The number of ketones is 1. The van der Waals surface area contributed by atoms with E-state index in [-0.39, 0.29) is 12.4 Å². The smallest absolute Gasteiger partial charge is 0.204 e. The third-order valence-corrected chi connectivity index (χ3v) is 2.78. The van der Waals surface area contributed by atoms with Crippen LogP contribution in [-0.2, 0) is 6.42 Å². The van der Waals surface area contributed by atoms with E-state index in [2.05, 4.69) is 15.9 Å². The van der Waals surface area contributed by atoms with Crippen LogP contribution >= 0.6 is 15.9 Å². The molecule has 0 bridgehead atoms. The summed E-state index contributed by atoms with van der Waals surface area (Å²) in [7, 11) is 1.60. The van der Waals surface area contributed by atoms with Crippen molar-refractivity contribution < 1.29 is 14.3 Å². The number of fused-ring (bicyclic) bond motifs is 1. The van der Waals surface area contributed by atoms with E-state index in [0.29, 0.717) is 11.3 Å². The van der Waals surface area contributed by atoms with Crippen LogP contribution in [0.15, 0.2) is 12.1 Å². The van der Waals surface area contributed by atoms with Crippen molar-refractivity contribution in [1.82, 2.24) is 0 Å². The van der Waals surface area contributed by atoms with Crippen LogP contribution in [0.5, 0.6) is 11.5 Å². The van der Waals surface area contributed by atoms with E-state index in [0.717, 1.165) is 23.1 Å². The molecule has 80 valence electrons. The second-order valence-electron chi connectivity index (χ2n) is 3.31. The Hall–Kier alpha value is -1.03. The third-order valence-electron chi connectivity index (χ3n) is 2.39. The molecule has 1 aromatic rings. The lowest BCUT2D eigenvalue weighted by Crippen LogP contribution is -1.98. The number of rotatable bonds is 3. The van der Waals surface area contributed by atoms with Crippen molar-refractivity contribution in [3.8, 4) is 11.5 Å². The molecule has 4 heteroatoms. The fourth-order valence-corrected chi connectivity index (χ4v) is 2.09. The number of hydrogen-bond acceptors (Lipinski definition) is 3. The first-order valence-corrected chi connectivity index (χ1v) is 5.81. The van der Waals surface area contributed by atoms with E-state index in [1.165, 1.54) is 0 Å². The molecule has 3 nitrogen and oxygen atoms in total. The highest BCUT2D eigenvalue weighted by Gasteiger charge is 2.24. The van der Waals surface area contributed by atoms with Crippen LogP contribution in [-0.4, -0.2) is 24.8 Å². The number of aryl methyl sites for hydroxylation is 1. The Balaban J connectivity index is 2.50. The second kappa shape index (κ2) is 4.23. The lowest BCUT2D eigenvalue weighted by Gasteiger charge is -2.08. The highest BCUT2D eigenvalue weighted by Crippen LogP contribution is 2.34. The summed E-state index contributed by atoms with van der Waals surface area (Å²) >= 11 is 3.37. The molecule has 0 amide bonds. The number of hydrogen-bond donors (Lipinski definition) is 0. The predicted molar refractivity (Wildman–Crippen MR) is 60.3 cm³/mol. The maximum absolute atomic E-state index is 11.5. The number of benzene rings is 1. The second-order valence-corrected chi connectivity index (χ2v) is 4.11. The first-order chi connectivity index (χ1) is 7.26. The highest BCUT2D eigenvalue weighted by atomic mass is 79.9. The van der Waals surface area contributed by atoms with Gasteiger partial charge in [0.2, 0.25) is 5.78 Å². The Kier molecular flexibility index (Phi) is 2.95. The van der Waals surface area contributed by atoms with Gasteiger partial charge in [-0.05, 0) is 24.1 Å². The molecule has 2 rings (SSSR count). The Bertz CT molecular complexity index is 401. The number of halogens is 1. The van der Waals surface area contributed by atoms with E-state index in [1.807, 2.05) is 6.07 Å². The highest BCUT2D eigenvalue weighted by molar-refractivity contribution is 9.09. The molecule has 1 heterocycles. The summed E-state index contributed by atoms with van der Waals surface area (Å²) in [5.74, 6) is 1.46. The van der Waals surface area contributed by atoms with Gasteiger partial charge in [-0.25, -0.2) is 0 Å². The molecule has 0 spiro atoms. The molecule has 0 saturated carbocycles. The maximum atomic E-state index is 11.5. The van der Waals surface area contributed by atoms with Gasteiger partial charge in [-0.15, -0.1) is 0 Å². The Morgan fingerprint density at radius 1 is 1.53 bits per heavy atom. The molecule has 0 unspecified atom stereocenters. The van der Waals surface area contributed by atoms with E-state index >= 15 is 0 Å². The minimum absolute atomic E-state index is 0.0275. The molecule has 0 aromatic heterocycles. The van der Waals surface area contributed by atoms with Gasteiger partial charge < -0.3 is 9.47 Å². The van der Waals surface area contributed by atoms with Gasteiger partial charge in [-0.3, -0.25) is 4.79 Å². The van der Waals surface area contributed by atoms with Crippen LogP contribution in [0.25, 0.3) is 0 Å². The summed E-state index contributed by atoms with van der Waals surface area (Å²) in [5.41, 5.74) is 1.66.